The summed E-state index contributed by atoms with van der Waals surface area (Å²) in [6.45, 7) is 0. The quantitative estimate of drug-likeness (QED) is 0.780. The van der Waals surface area contributed by atoms with Gasteiger partial charge < -0.3 is 4.74 Å². The molecule has 0 fully saturated rings. The Kier molecular flexibility index (Phi) is 4.46. The number of hydrogen-bond acceptors (Lipinski definition) is 2. The zero-order valence-electron chi connectivity index (χ0n) is 10.3. The van der Waals surface area contributed by atoms with Gasteiger partial charge in [0.1, 0.15) is 5.75 Å². The minimum Gasteiger partial charge on any atom is -0.496 e. The molecule has 19 heavy (non-hydrogen) atoms. The van der Waals surface area contributed by atoms with Gasteiger partial charge in [-0.1, -0.05) is 41.4 Å². The molecule has 0 aromatic heterocycles. The number of para-hydroxylation sites is 1. The van der Waals surface area contributed by atoms with Gasteiger partial charge in [0.25, 0.3) is 0 Å². The van der Waals surface area contributed by atoms with Crippen molar-refractivity contribution in [2.24, 2.45) is 0 Å². The summed E-state index contributed by atoms with van der Waals surface area (Å²) in [5, 5.41) is 0.900. The number of rotatable bonds is 4. The second kappa shape index (κ2) is 6.09. The zero-order valence-corrected chi connectivity index (χ0v) is 11.8. The van der Waals surface area contributed by atoms with E-state index >= 15 is 0 Å². The number of ketones is 1. The standard InChI is InChI=1S/C15H12Cl2O2/c1-19-15-5-3-2-4-10(15)8-14(18)12-9-11(16)6-7-13(12)17/h2-7,9H,8H2,1H3. The van der Waals surface area contributed by atoms with Gasteiger partial charge in [-0.25, -0.2) is 0 Å². The van der Waals surface area contributed by atoms with Crippen LogP contribution in [0.1, 0.15) is 15.9 Å². The minimum absolute atomic E-state index is 0.0861. The average molecular weight is 295 g/mol. The third kappa shape index (κ3) is 3.28. The van der Waals surface area contributed by atoms with E-state index in [1.807, 2.05) is 24.3 Å². The first kappa shape index (κ1) is 13.9. The van der Waals surface area contributed by atoms with E-state index in [2.05, 4.69) is 0 Å². The van der Waals surface area contributed by atoms with Gasteiger partial charge >= 0.3 is 0 Å². The monoisotopic (exact) mass is 294 g/mol. The normalized spacial score (nSPS) is 10.3. The number of methoxy groups -OCH3 is 1. The fourth-order valence-electron chi connectivity index (χ4n) is 1.83. The molecular weight excluding hydrogens is 283 g/mol. The predicted octanol–water partition coefficient (Wildman–Crippen LogP) is 4.43. The van der Waals surface area contributed by atoms with Gasteiger partial charge in [-0.05, 0) is 24.3 Å². The molecule has 0 N–H and O–H groups in total. The van der Waals surface area contributed by atoms with Crippen LogP contribution < -0.4 is 4.74 Å². The molecule has 2 aromatic carbocycles. The smallest absolute Gasteiger partial charge is 0.168 e. The molecule has 0 amide bonds. The number of hydrogen-bond donors (Lipinski definition) is 0. The van der Waals surface area contributed by atoms with Crippen molar-refractivity contribution in [2.45, 2.75) is 6.42 Å². The van der Waals surface area contributed by atoms with E-state index < -0.39 is 0 Å². The molecule has 0 aliphatic rings. The van der Waals surface area contributed by atoms with Crippen LogP contribution in [0.15, 0.2) is 42.5 Å². The van der Waals surface area contributed by atoms with Crippen molar-refractivity contribution in [3.8, 4) is 5.75 Å². The molecule has 4 heteroatoms. The summed E-state index contributed by atoms with van der Waals surface area (Å²) in [5.41, 5.74) is 1.26. The average Bonchev–Trinajstić information content (AvgIpc) is 2.42. The van der Waals surface area contributed by atoms with Gasteiger partial charge in [0.05, 0.1) is 12.1 Å². The van der Waals surface area contributed by atoms with Crippen LogP contribution >= 0.6 is 23.2 Å². The van der Waals surface area contributed by atoms with Gasteiger partial charge in [0.15, 0.2) is 5.78 Å². The summed E-state index contributed by atoms with van der Waals surface area (Å²) >= 11 is 11.9. The van der Waals surface area contributed by atoms with Crippen LogP contribution in [0.4, 0.5) is 0 Å². The van der Waals surface area contributed by atoms with Gasteiger partial charge in [0.2, 0.25) is 0 Å². The fourth-order valence-corrected chi connectivity index (χ4v) is 2.22. The van der Waals surface area contributed by atoms with Crippen LogP contribution in [0, 0.1) is 0 Å². The molecule has 2 rings (SSSR count). The summed E-state index contributed by atoms with van der Waals surface area (Å²) in [7, 11) is 1.58. The van der Waals surface area contributed by atoms with Crippen molar-refractivity contribution in [1.82, 2.24) is 0 Å². The van der Waals surface area contributed by atoms with Crippen LogP contribution in [0.25, 0.3) is 0 Å². The lowest BCUT2D eigenvalue weighted by molar-refractivity contribution is 0.0992. The number of ether oxygens (including phenoxy) is 1. The molecule has 0 bridgehead atoms. The summed E-state index contributed by atoms with van der Waals surface area (Å²) in [4.78, 5) is 12.3. The van der Waals surface area contributed by atoms with Crippen molar-refractivity contribution in [3.05, 3.63) is 63.6 Å². The summed E-state index contributed by atoms with van der Waals surface area (Å²) in [6.07, 6.45) is 0.226. The molecule has 0 aliphatic heterocycles. The molecule has 0 radical (unpaired) electrons. The van der Waals surface area contributed by atoms with Crippen LogP contribution in [0.2, 0.25) is 10.0 Å². The van der Waals surface area contributed by atoms with Gasteiger partial charge in [-0.2, -0.15) is 0 Å². The Morgan fingerprint density at radius 1 is 1.16 bits per heavy atom. The Morgan fingerprint density at radius 2 is 1.89 bits per heavy atom. The number of benzene rings is 2. The largest absolute Gasteiger partial charge is 0.496 e. The Bertz CT molecular complexity index is 609. The van der Waals surface area contributed by atoms with E-state index in [4.69, 9.17) is 27.9 Å². The zero-order chi connectivity index (χ0) is 13.8. The molecule has 0 spiro atoms. The van der Waals surface area contributed by atoms with Crippen molar-refractivity contribution >= 4 is 29.0 Å². The minimum atomic E-state index is -0.0861. The lowest BCUT2D eigenvalue weighted by Crippen LogP contribution is -2.05. The molecular formula is C15H12Cl2O2. The highest BCUT2D eigenvalue weighted by Crippen LogP contribution is 2.24. The molecule has 98 valence electrons. The van der Waals surface area contributed by atoms with Crippen molar-refractivity contribution in [2.75, 3.05) is 7.11 Å². The topological polar surface area (TPSA) is 26.3 Å². The maximum absolute atomic E-state index is 12.3. The van der Waals surface area contributed by atoms with E-state index in [0.717, 1.165) is 5.56 Å². The van der Waals surface area contributed by atoms with E-state index in [1.54, 1.807) is 25.3 Å². The molecule has 0 unspecified atom stereocenters. The highest BCUT2D eigenvalue weighted by molar-refractivity contribution is 6.35. The van der Waals surface area contributed by atoms with Crippen LogP contribution in [0.5, 0.6) is 5.75 Å². The third-order valence-electron chi connectivity index (χ3n) is 2.77. The summed E-state index contributed by atoms with van der Waals surface area (Å²) in [6, 6.07) is 12.3. The highest BCUT2D eigenvalue weighted by atomic mass is 35.5. The molecule has 0 heterocycles. The number of carbonyl (C=O) groups excluding carboxylic acids is 1. The molecule has 0 saturated heterocycles. The predicted molar refractivity (Wildman–Crippen MR) is 77.5 cm³/mol. The first-order valence-corrected chi connectivity index (χ1v) is 6.47. The second-order valence-electron chi connectivity index (χ2n) is 4.04. The van der Waals surface area contributed by atoms with Crippen molar-refractivity contribution < 1.29 is 9.53 Å². The van der Waals surface area contributed by atoms with Crippen LogP contribution in [0.3, 0.4) is 0 Å². The van der Waals surface area contributed by atoms with Crippen LogP contribution in [-0.2, 0) is 6.42 Å². The van der Waals surface area contributed by atoms with Crippen LogP contribution in [-0.4, -0.2) is 12.9 Å². The van der Waals surface area contributed by atoms with Gasteiger partial charge in [0, 0.05) is 22.6 Å². The maximum atomic E-state index is 12.3. The molecule has 2 aromatic rings. The molecule has 0 saturated carbocycles. The summed E-state index contributed by atoms with van der Waals surface area (Å²) < 4.78 is 5.22. The first-order valence-electron chi connectivity index (χ1n) is 5.72. The highest BCUT2D eigenvalue weighted by Gasteiger charge is 2.14. The van der Waals surface area contributed by atoms with E-state index in [0.29, 0.717) is 21.4 Å². The Morgan fingerprint density at radius 3 is 2.63 bits per heavy atom. The van der Waals surface area contributed by atoms with Gasteiger partial charge in [-0.3, -0.25) is 4.79 Å². The maximum Gasteiger partial charge on any atom is 0.168 e. The Hall–Kier alpha value is -1.51. The summed E-state index contributed by atoms with van der Waals surface area (Å²) in [5.74, 6) is 0.603. The van der Waals surface area contributed by atoms with Gasteiger partial charge in [-0.15, -0.1) is 0 Å². The SMILES string of the molecule is COc1ccccc1CC(=O)c1cc(Cl)ccc1Cl. The lowest BCUT2D eigenvalue weighted by atomic mass is 10.0. The van der Waals surface area contributed by atoms with E-state index in [9.17, 15) is 4.79 Å². The third-order valence-corrected chi connectivity index (χ3v) is 3.34. The number of Topliss-reactive ketones (excluding diaryl/α,β-unsaturated/α-hetero) is 1. The van der Waals surface area contributed by atoms with Crippen molar-refractivity contribution in [3.63, 3.8) is 0 Å². The first-order chi connectivity index (χ1) is 9.11. The van der Waals surface area contributed by atoms with E-state index in [1.165, 1.54) is 0 Å². The number of carbonyl (C=O) groups is 1. The fraction of sp³-hybridized carbons (Fsp3) is 0.133. The van der Waals surface area contributed by atoms with E-state index in [-0.39, 0.29) is 12.2 Å². The van der Waals surface area contributed by atoms with Crippen molar-refractivity contribution in [1.29, 1.82) is 0 Å². The molecule has 0 aliphatic carbocycles. The molecule has 2 nitrogen and oxygen atoms in total. The Labute approximate surface area is 121 Å². The number of halogens is 2. The second-order valence-corrected chi connectivity index (χ2v) is 4.88. The Balaban J connectivity index is 2.28. The lowest BCUT2D eigenvalue weighted by Gasteiger charge is -2.08. The molecule has 0 atom stereocenters.